The molecule has 0 saturated heterocycles. The SMILES string of the molecule is O=c1c(-c2nc3ccccc3s2)coc2cc(O)cc(O)c12. The van der Waals surface area contributed by atoms with Crippen molar-refractivity contribution in [2.45, 2.75) is 0 Å². The van der Waals surface area contributed by atoms with E-state index < -0.39 is 0 Å². The third kappa shape index (κ3) is 1.85. The lowest BCUT2D eigenvalue weighted by atomic mass is 10.1. The summed E-state index contributed by atoms with van der Waals surface area (Å²) in [6.45, 7) is 0. The fourth-order valence-electron chi connectivity index (χ4n) is 2.35. The number of hydrogen-bond donors (Lipinski definition) is 2. The number of thiazole rings is 1. The lowest BCUT2D eigenvalue weighted by Gasteiger charge is -2.02. The third-order valence-electron chi connectivity index (χ3n) is 3.37. The maximum atomic E-state index is 12.6. The van der Waals surface area contributed by atoms with Crippen LogP contribution in [0.5, 0.6) is 11.5 Å². The molecular formula is C16H9NO4S. The first-order chi connectivity index (χ1) is 10.6. The molecule has 2 heterocycles. The second-order valence-corrected chi connectivity index (χ2v) is 5.83. The number of fused-ring (bicyclic) bond motifs is 2. The van der Waals surface area contributed by atoms with Crippen molar-refractivity contribution in [3.05, 3.63) is 52.9 Å². The predicted octanol–water partition coefficient (Wildman–Crippen LogP) is 3.48. The highest BCUT2D eigenvalue weighted by molar-refractivity contribution is 7.21. The van der Waals surface area contributed by atoms with E-state index in [2.05, 4.69) is 4.98 Å². The van der Waals surface area contributed by atoms with Crippen LogP contribution in [0, 0.1) is 0 Å². The Bertz CT molecular complexity index is 1050. The average molecular weight is 311 g/mol. The van der Waals surface area contributed by atoms with Crippen molar-refractivity contribution in [3.8, 4) is 22.1 Å². The van der Waals surface area contributed by atoms with E-state index in [1.807, 2.05) is 24.3 Å². The second kappa shape index (κ2) is 4.57. The van der Waals surface area contributed by atoms with E-state index in [0.29, 0.717) is 5.01 Å². The van der Waals surface area contributed by atoms with Gasteiger partial charge in [-0.15, -0.1) is 11.3 Å². The number of rotatable bonds is 1. The van der Waals surface area contributed by atoms with Gasteiger partial charge in [-0.25, -0.2) is 4.98 Å². The van der Waals surface area contributed by atoms with Crippen LogP contribution in [-0.4, -0.2) is 15.2 Å². The molecule has 22 heavy (non-hydrogen) atoms. The number of nitrogens with zero attached hydrogens (tertiary/aromatic N) is 1. The summed E-state index contributed by atoms with van der Waals surface area (Å²) in [6, 6.07) is 9.98. The minimum Gasteiger partial charge on any atom is -0.508 e. The van der Waals surface area contributed by atoms with Crippen LogP contribution in [0.2, 0.25) is 0 Å². The molecule has 0 atom stereocenters. The molecule has 0 bridgehead atoms. The van der Waals surface area contributed by atoms with Gasteiger partial charge in [0.1, 0.15) is 33.7 Å². The Labute approximate surface area is 127 Å². The summed E-state index contributed by atoms with van der Waals surface area (Å²) in [6.07, 6.45) is 1.31. The smallest absolute Gasteiger partial charge is 0.206 e. The molecule has 6 heteroatoms. The van der Waals surface area contributed by atoms with Gasteiger partial charge in [0.2, 0.25) is 5.43 Å². The molecule has 0 aliphatic carbocycles. The maximum Gasteiger partial charge on any atom is 0.206 e. The average Bonchev–Trinajstić information content (AvgIpc) is 2.90. The number of aromatic hydroxyl groups is 2. The molecule has 2 N–H and O–H groups in total. The van der Waals surface area contributed by atoms with Gasteiger partial charge in [-0.3, -0.25) is 4.79 Å². The van der Waals surface area contributed by atoms with Gasteiger partial charge < -0.3 is 14.6 Å². The topological polar surface area (TPSA) is 83.6 Å². The summed E-state index contributed by atoms with van der Waals surface area (Å²) in [5, 5.41) is 19.9. The molecule has 0 spiro atoms. The minimum atomic E-state index is -0.377. The normalized spacial score (nSPS) is 11.3. The monoisotopic (exact) mass is 311 g/mol. The van der Waals surface area contributed by atoms with E-state index in [0.717, 1.165) is 16.3 Å². The summed E-state index contributed by atoms with van der Waals surface area (Å²) in [5.41, 5.74) is 0.844. The van der Waals surface area contributed by atoms with E-state index in [9.17, 15) is 15.0 Å². The highest BCUT2D eigenvalue weighted by Crippen LogP contribution is 2.32. The molecule has 108 valence electrons. The number of para-hydroxylation sites is 1. The standard InChI is InChI=1S/C16H9NO4S/c18-8-5-11(19)14-12(6-8)21-7-9(15(14)20)16-17-10-3-1-2-4-13(10)22-16/h1-7,18-19H. The predicted molar refractivity (Wildman–Crippen MR) is 84.4 cm³/mol. The van der Waals surface area contributed by atoms with Gasteiger partial charge in [-0.2, -0.15) is 0 Å². The molecule has 0 saturated carbocycles. The molecule has 5 nitrogen and oxygen atoms in total. The maximum absolute atomic E-state index is 12.6. The summed E-state index contributed by atoms with van der Waals surface area (Å²) in [4.78, 5) is 17.0. The molecule has 4 aromatic rings. The summed E-state index contributed by atoms with van der Waals surface area (Å²) in [5.74, 6) is -0.479. The van der Waals surface area contributed by atoms with Crippen molar-refractivity contribution in [1.82, 2.24) is 4.98 Å². The zero-order valence-electron chi connectivity index (χ0n) is 11.1. The molecule has 2 aromatic heterocycles. The fraction of sp³-hybridized carbons (Fsp3) is 0. The number of hydrogen-bond acceptors (Lipinski definition) is 6. The number of benzene rings is 2. The molecule has 4 rings (SSSR count). The lowest BCUT2D eigenvalue weighted by Crippen LogP contribution is -2.04. The van der Waals surface area contributed by atoms with E-state index in [4.69, 9.17) is 4.42 Å². The van der Waals surface area contributed by atoms with Crippen LogP contribution < -0.4 is 5.43 Å². The zero-order chi connectivity index (χ0) is 15.3. The minimum absolute atomic E-state index is 0.0366. The Kier molecular flexibility index (Phi) is 2.67. The van der Waals surface area contributed by atoms with Crippen LogP contribution in [-0.2, 0) is 0 Å². The third-order valence-corrected chi connectivity index (χ3v) is 4.44. The molecule has 0 fully saturated rings. The van der Waals surface area contributed by atoms with Crippen molar-refractivity contribution < 1.29 is 14.6 Å². The van der Waals surface area contributed by atoms with Crippen molar-refractivity contribution in [1.29, 1.82) is 0 Å². The van der Waals surface area contributed by atoms with E-state index in [1.165, 1.54) is 23.7 Å². The first-order valence-electron chi connectivity index (χ1n) is 6.47. The molecule has 0 radical (unpaired) electrons. The van der Waals surface area contributed by atoms with Crippen LogP contribution >= 0.6 is 11.3 Å². The Balaban J connectivity index is 2.03. The van der Waals surface area contributed by atoms with Crippen molar-refractivity contribution in [2.24, 2.45) is 0 Å². The Hall–Kier alpha value is -2.86. The lowest BCUT2D eigenvalue weighted by molar-refractivity contribution is 0.452. The first-order valence-corrected chi connectivity index (χ1v) is 7.28. The van der Waals surface area contributed by atoms with Gasteiger partial charge in [0.25, 0.3) is 0 Å². The van der Waals surface area contributed by atoms with E-state index in [-0.39, 0.29) is 33.5 Å². The molecule has 0 aliphatic rings. The fourth-order valence-corrected chi connectivity index (χ4v) is 3.32. The van der Waals surface area contributed by atoms with Crippen molar-refractivity contribution >= 4 is 32.5 Å². The number of phenols is 2. The quantitative estimate of drug-likeness (QED) is 0.562. The first kappa shape index (κ1) is 12.8. The Morgan fingerprint density at radius 1 is 1.14 bits per heavy atom. The Morgan fingerprint density at radius 3 is 2.77 bits per heavy atom. The Morgan fingerprint density at radius 2 is 1.95 bits per heavy atom. The number of phenolic OH excluding ortho intramolecular Hbond substituents is 2. The molecule has 2 aromatic carbocycles. The van der Waals surface area contributed by atoms with E-state index in [1.54, 1.807) is 0 Å². The van der Waals surface area contributed by atoms with Gasteiger partial charge in [0.05, 0.1) is 15.8 Å². The van der Waals surface area contributed by atoms with Gasteiger partial charge in [0.15, 0.2) is 0 Å². The van der Waals surface area contributed by atoms with Gasteiger partial charge in [-0.05, 0) is 12.1 Å². The van der Waals surface area contributed by atoms with E-state index >= 15 is 0 Å². The van der Waals surface area contributed by atoms with Crippen molar-refractivity contribution in [3.63, 3.8) is 0 Å². The van der Waals surface area contributed by atoms with Crippen LogP contribution in [0.15, 0.2) is 51.9 Å². The van der Waals surface area contributed by atoms with Crippen LogP contribution in [0.25, 0.3) is 31.8 Å². The summed E-state index contributed by atoms with van der Waals surface area (Å²) < 4.78 is 6.35. The van der Waals surface area contributed by atoms with Crippen molar-refractivity contribution in [2.75, 3.05) is 0 Å². The van der Waals surface area contributed by atoms with Crippen LogP contribution in [0.1, 0.15) is 0 Å². The molecule has 0 unspecified atom stereocenters. The highest BCUT2D eigenvalue weighted by Gasteiger charge is 2.16. The van der Waals surface area contributed by atoms with Gasteiger partial charge in [-0.1, -0.05) is 12.1 Å². The summed E-state index contributed by atoms with van der Waals surface area (Å²) >= 11 is 1.38. The highest BCUT2D eigenvalue weighted by atomic mass is 32.1. The largest absolute Gasteiger partial charge is 0.508 e. The van der Waals surface area contributed by atoms with Gasteiger partial charge in [0, 0.05) is 12.1 Å². The zero-order valence-corrected chi connectivity index (χ0v) is 11.9. The molecule has 0 aliphatic heterocycles. The van der Waals surface area contributed by atoms with Crippen LogP contribution in [0.4, 0.5) is 0 Å². The second-order valence-electron chi connectivity index (χ2n) is 4.80. The van der Waals surface area contributed by atoms with Gasteiger partial charge >= 0.3 is 0 Å². The number of aromatic nitrogens is 1. The molecular weight excluding hydrogens is 302 g/mol. The summed E-state index contributed by atoms with van der Waals surface area (Å²) in [7, 11) is 0. The van der Waals surface area contributed by atoms with Crippen LogP contribution in [0.3, 0.4) is 0 Å². The molecule has 0 amide bonds.